The largest absolute Gasteiger partial charge is 0.478 e. The zero-order valence-electron chi connectivity index (χ0n) is 8.86. The van der Waals surface area contributed by atoms with Crippen molar-refractivity contribution in [1.82, 2.24) is 4.90 Å². The minimum absolute atomic E-state index is 0.0716. The van der Waals surface area contributed by atoms with Gasteiger partial charge in [0.05, 0.1) is 6.10 Å². The number of carboxylic acids is 1. The molecule has 0 spiro atoms. The predicted octanol–water partition coefficient (Wildman–Crippen LogP) is 0.720. The zero-order valence-corrected chi connectivity index (χ0v) is 8.86. The normalized spacial score (nSPS) is 12.9. The van der Waals surface area contributed by atoms with Gasteiger partial charge in [-0.05, 0) is 33.5 Å². The maximum Gasteiger partial charge on any atom is 0.331 e. The van der Waals surface area contributed by atoms with Crippen LogP contribution in [0.15, 0.2) is 12.2 Å². The van der Waals surface area contributed by atoms with Crippen LogP contribution in [0.25, 0.3) is 0 Å². The van der Waals surface area contributed by atoms with Gasteiger partial charge in [-0.1, -0.05) is 6.58 Å². The second kappa shape index (κ2) is 6.56. The second-order valence-electron chi connectivity index (χ2n) is 3.71. The van der Waals surface area contributed by atoms with Crippen LogP contribution < -0.4 is 0 Å². The van der Waals surface area contributed by atoms with Crippen LogP contribution in [0.5, 0.6) is 0 Å². The molecule has 1 unspecified atom stereocenters. The standard InChI is InChI=1S/C10H19NO3/c1-8(10(13)14)7-9(12)5-4-6-11(2)3/h9,12H,1,4-7H2,2-3H3,(H,13,14). The van der Waals surface area contributed by atoms with Gasteiger partial charge in [-0.25, -0.2) is 4.79 Å². The highest BCUT2D eigenvalue weighted by Crippen LogP contribution is 2.08. The first-order valence-electron chi connectivity index (χ1n) is 4.67. The van der Waals surface area contributed by atoms with E-state index in [9.17, 15) is 9.90 Å². The second-order valence-corrected chi connectivity index (χ2v) is 3.71. The molecule has 0 heterocycles. The summed E-state index contributed by atoms with van der Waals surface area (Å²) in [6, 6.07) is 0. The summed E-state index contributed by atoms with van der Waals surface area (Å²) in [5.74, 6) is -1.03. The molecule has 0 amide bonds. The topological polar surface area (TPSA) is 60.8 Å². The van der Waals surface area contributed by atoms with Crippen LogP contribution >= 0.6 is 0 Å². The predicted molar refractivity (Wildman–Crippen MR) is 55.2 cm³/mol. The quantitative estimate of drug-likeness (QED) is 0.596. The van der Waals surface area contributed by atoms with Gasteiger partial charge in [-0.3, -0.25) is 0 Å². The Balaban J connectivity index is 3.60. The van der Waals surface area contributed by atoms with Crippen molar-refractivity contribution in [2.24, 2.45) is 0 Å². The van der Waals surface area contributed by atoms with Gasteiger partial charge in [-0.2, -0.15) is 0 Å². The van der Waals surface area contributed by atoms with E-state index >= 15 is 0 Å². The lowest BCUT2D eigenvalue weighted by Gasteiger charge is -2.12. The van der Waals surface area contributed by atoms with Gasteiger partial charge < -0.3 is 15.1 Å². The van der Waals surface area contributed by atoms with Gasteiger partial charge in [0.1, 0.15) is 0 Å². The molecule has 2 N–H and O–H groups in total. The van der Waals surface area contributed by atoms with Crippen LogP contribution in [-0.4, -0.2) is 47.8 Å². The average molecular weight is 201 g/mol. The number of aliphatic hydroxyl groups excluding tert-OH is 1. The van der Waals surface area contributed by atoms with E-state index in [1.165, 1.54) is 0 Å². The number of carbonyl (C=O) groups is 1. The van der Waals surface area contributed by atoms with E-state index in [4.69, 9.17) is 5.11 Å². The molecule has 0 rings (SSSR count). The number of aliphatic hydroxyl groups is 1. The lowest BCUT2D eigenvalue weighted by Crippen LogP contribution is -2.17. The van der Waals surface area contributed by atoms with Crippen molar-refractivity contribution in [3.05, 3.63) is 12.2 Å². The molecule has 0 saturated heterocycles. The van der Waals surface area contributed by atoms with E-state index in [0.717, 1.165) is 13.0 Å². The molecule has 0 aliphatic rings. The zero-order chi connectivity index (χ0) is 11.1. The summed E-state index contributed by atoms with van der Waals surface area (Å²) >= 11 is 0. The van der Waals surface area contributed by atoms with Gasteiger partial charge in [0.2, 0.25) is 0 Å². The Morgan fingerprint density at radius 2 is 2.07 bits per heavy atom. The third kappa shape index (κ3) is 6.62. The molecule has 0 aliphatic heterocycles. The van der Waals surface area contributed by atoms with Crippen LogP contribution in [-0.2, 0) is 4.79 Å². The smallest absolute Gasteiger partial charge is 0.331 e. The van der Waals surface area contributed by atoms with E-state index in [-0.39, 0.29) is 12.0 Å². The number of hydrogen-bond acceptors (Lipinski definition) is 3. The van der Waals surface area contributed by atoms with Crippen LogP contribution in [0.3, 0.4) is 0 Å². The summed E-state index contributed by atoms with van der Waals surface area (Å²) in [7, 11) is 3.92. The number of nitrogens with zero attached hydrogens (tertiary/aromatic N) is 1. The van der Waals surface area contributed by atoms with Crippen molar-refractivity contribution in [3.63, 3.8) is 0 Å². The fraction of sp³-hybridized carbons (Fsp3) is 0.700. The molecule has 1 atom stereocenters. The van der Waals surface area contributed by atoms with Gasteiger partial charge in [-0.15, -0.1) is 0 Å². The summed E-state index contributed by atoms with van der Waals surface area (Å²) in [4.78, 5) is 12.4. The van der Waals surface area contributed by atoms with Crippen molar-refractivity contribution >= 4 is 5.97 Å². The summed E-state index contributed by atoms with van der Waals surface area (Å²) in [6.45, 7) is 4.27. The Labute approximate surface area is 84.8 Å². The Kier molecular flexibility index (Phi) is 6.16. The first-order chi connectivity index (χ1) is 6.43. The van der Waals surface area contributed by atoms with Gasteiger partial charge >= 0.3 is 5.97 Å². The Morgan fingerprint density at radius 3 is 2.50 bits per heavy atom. The third-order valence-corrected chi connectivity index (χ3v) is 1.93. The summed E-state index contributed by atoms with van der Waals surface area (Å²) in [5, 5.41) is 18.0. The molecule has 0 aliphatic carbocycles. The van der Waals surface area contributed by atoms with Crippen molar-refractivity contribution in [2.75, 3.05) is 20.6 Å². The van der Waals surface area contributed by atoms with E-state index in [2.05, 4.69) is 6.58 Å². The average Bonchev–Trinajstić information content (AvgIpc) is 2.02. The highest BCUT2D eigenvalue weighted by Gasteiger charge is 2.10. The molecule has 0 aromatic heterocycles. The fourth-order valence-corrected chi connectivity index (χ4v) is 1.12. The minimum atomic E-state index is -1.03. The Bertz CT molecular complexity index is 202. The highest BCUT2D eigenvalue weighted by atomic mass is 16.4. The molecule has 4 nitrogen and oxygen atoms in total. The molecule has 82 valence electrons. The van der Waals surface area contributed by atoms with Crippen LogP contribution in [0.2, 0.25) is 0 Å². The minimum Gasteiger partial charge on any atom is -0.478 e. The van der Waals surface area contributed by atoms with Crippen LogP contribution in [0, 0.1) is 0 Å². The molecule has 0 fully saturated rings. The molecule has 14 heavy (non-hydrogen) atoms. The lowest BCUT2D eigenvalue weighted by molar-refractivity contribution is -0.133. The molecule has 4 heteroatoms. The third-order valence-electron chi connectivity index (χ3n) is 1.93. The monoisotopic (exact) mass is 201 g/mol. The van der Waals surface area contributed by atoms with Crippen molar-refractivity contribution in [1.29, 1.82) is 0 Å². The first kappa shape index (κ1) is 13.1. The van der Waals surface area contributed by atoms with Crippen molar-refractivity contribution < 1.29 is 15.0 Å². The Hall–Kier alpha value is -0.870. The van der Waals surface area contributed by atoms with E-state index < -0.39 is 12.1 Å². The molecule has 0 aromatic carbocycles. The van der Waals surface area contributed by atoms with E-state index in [0.29, 0.717) is 6.42 Å². The van der Waals surface area contributed by atoms with E-state index in [1.807, 2.05) is 19.0 Å². The summed E-state index contributed by atoms with van der Waals surface area (Å²) in [6.07, 6.45) is 1.05. The molecule has 0 radical (unpaired) electrons. The number of rotatable bonds is 7. The van der Waals surface area contributed by atoms with Gasteiger partial charge in [0.15, 0.2) is 0 Å². The highest BCUT2D eigenvalue weighted by molar-refractivity contribution is 5.85. The number of aliphatic carboxylic acids is 1. The van der Waals surface area contributed by atoms with Crippen LogP contribution in [0.1, 0.15) is 19.3 Å². The van der Waals surface area contributed by atoms with Crippen LogP contribution in [0.4, 0.5) is 0 Å². The SMILES string of the molecule is C=C(CC(O)CCCN(C)C)C(=O)O. The number of carboxylic acid groups (broad SMARTS) is 1. The molecule has 0 aromatic rings. The first-order valence-corrected chi connectivity index (χ1v) is 4.67. The maximum absolute atomic E-state index is 10.4. The molecule has 0 bridgehead atoms. The Morgan fingerprint density at radius 1 is 1.50 bits per heavy atom. The lowest BCUT2D eigenvalue weighted by atomic mass is 10.1. The maximum atomic E-state index is 10.4. The number of hydrogen-bond donors (Lipinski definition) is 2. The summed E-state index contributed by atoms with van der Waals surface area (Å²) in [5.41, 5.74) is 0.0716. The van der Waals surface area contributed by atoms with Gasteiger partial charge in [0.25, 0.3) is 0 Å². The van der Waals surface area contributed by atoms with Crippen molar-refractivity contribution in [2.45, 2.75) is 25.4 Å². The van der Waals surface area contributed by atoms with E-state index in [1.54, 1.807) is 0 Å². The molecular formula is C10H19NO3. The molecule has 0 saturated carbocycles. The fourth-order valence-electron chi connectivity index (χ4n) is 1.12. The molecular weight excluding hydrogens is 182 g/mol. The summed E-state index contributed by atoms with van der Waals surface area (Å²) < 4.78 is 0. The van der Waals surface area contributed by atoms with Crippen molar-refractivity contribution in [3.8, 4) is 0 Å². The van der Waals surface area contributed by atoms with Gasteiger partial charge in [0, 0.05) is 12.0 Å².